The highest BCUT2D eigenvalue weighted by molar-refractivity contribution is 7.11. The first-order valence-corrected chi connectivity index (χ1v) is 6.98. The number of nitrogens with zero attached hydrogens (tertiary/aromatic N) is 3. The monoisotopic (exact) mass is 253 g/mol. The van der Waals surface area contributed by atoms with Crippen LogP contribution in [0.15, 0.2) is 0 Å². The van der Waals surface area contributed by atoms with Crippen LogP contribution in [-0.2, 0) is 4.79 Å². The molecule has 1 fully saturated rings. The molecular weight excluding hydrogens is 234 g/mol. The number of carbonyl (C=O) groups is 1. The van der Waals surface area contributed by atoms with Crippen LogP contribution < -0.4 is 0 Å². The smallest absolute Gasteiger partial charge is 0.225 e. The molecule has 0 radical (unpaired) electrons. The summed E-state index contributed by atoms with van der Waals surface area (Å²) < 4.78 is 0. The van der Waals surface area contributed by atoms with Gasteiger partial charge in [0.2, 0.25) is 5.91 Å². The van der Waals surface area contributed by atoms with Gasteiger partial charge in [-0.05, 0) is 19.8 Å². The third kappa shape index (κ3) is 2.83. The second-order valence-electron chi connectivity index (χ2n) is 4.94. The molecule has 1 atom stereocenters. The lowest BCUT2D eigenvalue weighted by Crippen LogP contribution is -2.41. The van der Waals surface area contributed by atoms with Crippen LogP contribution in [0, 0.1) is 12.8 Å². The highest BCUT2D eigenvalue weighted by Crippen LogP contribution is 2.29. The van der Waals surface area contributed by atoms with Crippen molar-refractivity contribution in [2.45, 2.75) is 39.5 Å². The van der Waals surface area contributed by atoms with Gasteiger partial charge >= 0.3 is 0 Å². The van der Waals surface area contributed by atoms with Crippen LogP contribution in [0.3, 0.4) is 0 Å². The second kappa shape index (κ2) is 5.12. The van der Waals surface area contributed by atoms with Crippen LogP contribution in [0.1, 0.15) is 42.6 Å². The number of hydrogen-bond donors (Lipinski definition) is 0. The maximum atomic E-state index is 12.0. The fraction of sp³-hybridized carbons (Fsp3) is 0.750. The Bertz CT molecular complexity index is 402. The Labute approximate surface area is 106 Å². The van der Waals surface area contributed by atoms with Crippen molar-refractivity contribution in [2.75, 3.05) is 13.1 Å². The molecule has 2 rings (SSSR count). The molecule has 1 unspecified atom stereocenters. The van der Waals surface area contributed by atoms with Crippen molar-refractivity contribution in [1.29, 1.82) is 0 Å². The molecule has 0 N–H and O–H groups in total. The van der Waals surface area contributed by atoms with E-state index in [-0.39, 0.29) is 11.8 Å². The first-order chi connectivity index (χ1) is 8.08. The summed E-state index contributed by atoms with van der Waals surface area (Å²) in [7, 11) is 0. The first kappa shape index (κ1) is 12.5. The van der Waals surface area contributed by atoms with E-state index in [1.54, 1.807) is 11.3 Å². The Hall–Kier alpha value is -0.970. The van der Waals surface area contributed by atoms with E-state index >= 15 is 0 Å². The van der Waals surface area contributed by atoms with Gasteiger partial charge in [-0.2, -0.15) is 0 Å². The Balaban J connectivity index is 2.04. The number of carbonyl (C=O) groups excluding carboxylic acids is 1. The summed E-state index contributed by atoms with van der Waals surface area (Å²) in [6.07, 6.45) is 2.19. The lowest BCUT2D eigenvalue weighted by Gasteiger charge is -2.32. The van der Waals surface area contributed by atoms with E-state index < -0.39 is 0 Å². The maximum Gasteiger partial charge on any atom is 0.225 e. The molecule has 0 saturated carbocycles. The lowest BCUT2D eigenvalue weighted by atomic mass is 9.97. The van der Waals surface area contributed by atoms with Gasteiger partial charge in [0.25, 0.3) is 0 Å². The van der Waals surface area contributed by atoms with E-state index in [9.17, 15) is 4.79 Å². The molecule has 1 aliphatic rings. The van der Waals surface area contributed by atoms with Crippen molar-refractivity contribution < 1.29 is 4.79 Å². The predicted molar refractivity (Wildman–Crippen MR) is 68.0 cm³/mol. The molecule has 1 aromatic heterocycles. The number of aryl methyl sites for hydroxylation is 1. The molecule has 94 valence electrons. The lowest BCUT2D eigenvalue weighted by molar-refractivity contribution is -0.135. The highest BCUT2D eigenvalue weighted by Gasteiger charge is 2.27. The molecule has 1 aliphatic heterocycles. The molecule has 1 saturated heterocycles. The Kier molecular flexibility index (Phi) is 3.76. The largest absolute Gasteiger partial charge is 0.342 e. The van der Waals surface area contributed by atoms with Gasteiger partial charge in [0.05, 0.1) is 0 Å². The van der Waals surface area contributed by atoms with Gasteiger partial charge in [0, 0.05) is 24.9 Å². The number of hydrogen-bond acceptors (Lipinski definition) is 4. The van der Waals surface area contributed by atoms with E-state index in [4.69, 9.17) is 0 Å². The minimum atomic E-state index is 0.0879. The van der Waals surface area contributed by atoms with Gasteiger partial charge in [0.15, 0.2) is 0 Å². The van der Waals surface area contributed by atoms with E-state index in [0.29, 0.717) is 5.92 Å². The van der Waals surface area contributed by atoms with Crippen LogP contribution in [-0.4, -0.2) is 34.1 Å². The second-order valence-corrected chi connectivity index (χ2v) is 6.15. The van der Waals surface area contributed by atoms with E-state index in [1.165, 1.54) is 0 Å². The van der Waals surface area contributed by atoms with Gasteiger partial charge < -0.3 is 4.90 Å². The number of likely N-dealkylation sites (tertiary alicyclic amines) is 1. The molecule has 0 aliphatic carbocycles. The van der Waals surface area contributed by atoms with Crippen molar-refractivity contribution in [1.82, 2.24) is 15.1 Å². The van der Waals surface area contributed by atoms with Crippen LogP contribution in [0.4, 0.5) is 0 Å². The zero-order valence-corrected chi connectivity index (χ0v) is 11.5. The molecule has 1 amide bonds. The summed E-state index contributed by atoms with van der Waals surface area (Å²) in [5.74, 6) is 0.735. The molecule has 4 nitrogen and oxygen atoms in total. The molecule has 0 spiro atoms. The third-order valence-electron chi connectivity index (χ3n) is 3.12. The minimum Gasteiger partial charge on any atom is -0.342 e. The maximum absolute atomic E-state index is 12.0. The summed E-state index contributed by atoms with van der Waals surface area (Å²) in [6, 6.07) is 0. The van der Waals surface area contributed by atoms with E-state index in [0.717, 1.165) is 35.9 Å². The molecular formula is C12H19N3OS. The topological polar surface area (TPSA) is 46.1 Å². The van der Waals surface area contributed by atoms with Gasteiger partial charge in [-0.15, -0.1) is 21.5 Å². The minimum absolute atomic E-state index is 0.0879. The van der Waals surface area contributed by atoms with Crippen molar-refractivity contribution in [3.05, 3.63) is 10.0 Å². The van der Waals surface area contributed by atoms with Gasteiger partial charge in [0.1, 0.15) is 10.0 Å². The number of rotatable bonds is 2. The summed E-state index contributed by atoms with van der Waals surface area (Å²) in [6.45, 7) is 7.60. The standard InChI is InChI=1S/C12H19N3OS/c1-8(2)12(16)15-6-4-5-10(7-15)11-14-13-9(3)17-11/h8,10H,4-7H2,1-3H3. The molecule has 5 heteroatoms. The average molecular weight is 253 g/mol. The van der Waals surface area contributed by atoms with Crippen LogP contribution >= 0.6 is 11.3 Å². The first-order valence-electron chi connectivity index (χ1n) is 6.16. The quantitative estimate of drug-likeness (QED) is 0.812. The normalized spacial score (nSPS) is 20.9. The third-order valence-corrected chi connectivity index (χ3v) is 4.12. The van der Waals surface area contributed by atoms with E-state index in [2.05, 4.69) is 10.2 Å². The highest BCUT2D eigenvalue weighted by atomic mass is 32.1. The van der Waals surface area contributed by atoms with Crippen LogP contribution in [0.5, 0.6) is 0 Å². The van der Waals surface area contributed by atoms with Crippen LogP contribution in [0.2, 0.25) is 0 Å². The molecule has 17 heavy (non-hydrogen) atoms. The Morgan fingerprint density at radius 3 is 2.82 bits per heavy atom. The summed E-state index contributed by atoms with van der Waals surface area (Å²) in [4.78, 5) is 14.0. The number of piperidine rings is 1. The number of amides is 1. The van der Waals surface area contributed by atoms with Crippen molar-refractivity contribution in [3.63, 3.8) is 0 Å². The van der Waals surface area contributed by atoms with Gasteiger partial charge in [-0.3, -0.25) is 4.79 Å². The average Bonchev–Trinajstić information content (AvgIpc) is 2.75. The predicted octanol–water partition coefficient (Wildman–Crippen LogP) is 2.21. The SMILES string of the molecule is Cc1nnc(C2CCCN(C(=O)C(C)C)C2)s1. The summed E-state index contributed by atoms with van der Waals surface area (Å²) >= 11 is 1.66. The fourth-order valence-corrected chi connectivity index (χ4v) is 3.05. The van der Waals surface area contributed by atoms with Gasteiger partial charge in [-0.1, -0.05) is 13.8 Å². The van der Waals surface area contributed by atoms with Crippen LogP contribution in [0.25, 0.3) is 0 Å². The fourth-order valence-electron chi connectivity index (χ4n) is 2.22. The zero-order valence-electron chi connectivity index (χ0n) is 10.6. The summed E-state index contributed by atoms with van der Waals surface area (Å²) in [5, 5.41) is 10.4. The zero-order chi connectivity index (χ0) is 12.4. The van der Waals surface area contributed by atoms with E-state index in [1.807, 2.05) is 25.7 Å². The van der Waals surface area contributed by atoms with Crippen molar-refractivity contribution in [2.24, 2.45) is 5.92 Å². The number of aromatic nitrogens is 2. The molecule has 1 aromatic rings. The Morgan fingerprint density at radius 2 is 2.24 bits per heavy atom. The van der Waals surface area contributed by atoms with Gasteiger partial charge in [-0.25, -0.2) is 0 Å². The molecule has 0 bridgehead atoms. The van der Waals surface area contributed by atoms with Crippen molar-refractivity contribution in [3.8, 4) is 0 Å². The molecule has 2 heterocycles. The van der Waals surface area contributed by atoms with Crippen molar-refractivity contribution >= 4 is 17.2 Å². The summed E-state index contributed by atoms with van der Waals surface area (Å²) in [5.41, 5.74) is 0. The molecule has 0 aromatic carbocycles. The Morgan fingerprint density at radius 1 is 1.47 bits per heavy atom.